The quantitative estimate of drug-likeness (QED) is 0.246. The molecule has 0 fully saturated rings. The molecule has 0 heterocycles. The molecule has 1 amide bonds. The molecule has 0 bridgehead atoms. The van der Waals surface area contributed by atoms with Crippen LogP contribution in [-0.4, -0.2) is 37.2 Å². The van der Waals surface area contributed by atoms with E-state index in [1.54, 1.807) is 0 Å². The zero-order chi connectivity index (χ0) is 18.9. The molecule has 148 valence electrons. The summed E-state index contributed by atoms with van der Waals surface area (Å²) in [5.41, 5.74) is 0. The summed E-state index contributed by atoms with van der Waals surface area (Å²) in [5.74, 6) is 0.0963. The molecule has 6 heteroatoms. The first-order chi connectivity index (χ1) is 12.0. The maximum absolute atomic E-state index is 12.2. The number of unbranched alkanes of at least 4 members (excludes halogenated alkanes) is 7. The summed E-state index contributed by atoms with van der Waals surface area (Å²) < 4.78 is 10.2. The molecule has 0 rings (SSSR count). The molecule has 5 nitrogen and oxygen atoms in total. The standard InChI is InChI=1S/C19H36ClNO4/c1-4-5-6-7-8-9-10-11-13-24-18(22)17(15-16(2)3)21-19(23)25-14-12-20/h16-17H,4-15H2,1-3H3,(H,21,23). The molecule has 0 saturated carbocycles. The molecule has 0 aromatic carbocycles. The van der Waals surface area contributed by atoms with Crippen LogP contribution in [0, 0.1) is 5.92 Å². The highest BCUT2D eigenvalue weighted by molar-refractivity contribution is 6.18. The van der Waals surface area contributed by atoms with Crippen molar-refractivity contribution in [3.63, 3.8) is 0 Å². The van der Waals surface area contributed by atoms with Gasteiger partial charge in [0.1, 0.15) is 12.6 Å². The average molecular weight is 378 g/mol. The molecule has 1 unspecified atom stereocenters. The highest BCUT2D eigenvalue weighted by atomic mass is 35.5. The van der Waals surface area contributed by atoms with Crippen LogP contribution in [0.1, 0.15) is 78.6 Å². The Kier molecular flexibility index (Phi) is 15.9. The molecule has 0 saturated heterocycles. The van der Waals surface area contributed by atoms with Gasteiger partial charge < -0.3 is 14.8 Å². The van der Waals surface area contributed by atoms with Crippen molar-refractivity contribution in [2.24, 2.45) is 5.92 Å². The van der Waals surface area contributed by atoms with Crippen LogP contribution in [0.15, 0.2) is 0 Å². The topological polar surface area (TPSA) is 64.6 Å². The molecular weight excluding hydrogens is 342 g/mol. The second kappa shape index (κ2) is 16.5. The fraction of sp³-hybridized carbons (Fsp3) is 0.895. The summed E-state index contributed by atoms with van der Waals surface area (Å²) in [5, 5.41) is 2.57. The first kappa shape index (κ1) is 24.0. The third-order valence-electron chi connectivity index (χ3n) is 3.84. The summed E-state index contributed by atoms with van der Waals surface area (Å²) in [4.78, 5) is 23.8. The molecule has 25 heavy (non-hydrogen) atoms. The lowest BCUT2D eigenvalue weighted by Gasteiger charge is -2.19. The number of alkyl carbamates (subject to hydrolysis) is 1. The minimum absolute atomic E-state index is 0.120. The number of rotatable bonds is 15. The normalized spacial score (nSPS) is 12.0. The van der Waals surface area contributed by atoms with E-state index >= 15 is 0 Å². The molecular formula is C19H36ClNO4. The highest BCUT2D eigenvalue weighted by Gasteiger charge is 2.23. The number of esters is 1. The van der Waals surface area contributed by atoms with Crippen LogP contribution in [0.5, 0.6) is 0 Å². The lowest BCUT2D eigenvalue weighted by Crippen LogP contribution is -2.43. The van der Waals surface area contributed by atoms with Gasteiger partial charge in [0, 0.05) is 0 Å². The highest BCUT2D eigenvalue weighted by Crippen LogP contribution is 2.10. The van der Waals surface area contributed by atoms with Crippen LogP contribution in [-0.2, 0) is 14.3 Å². The van der Waals surface area contributed by atoms with Gasteiger partial charge in [0.15, 0.2) is 0 Å². The molecule has 0 aromatic heterocycles. The second-order valence-corrected chi connectivity index (χ2v) is 7.17. The van der Waals surface area contributed by atoms with Crippen LogP contribution >= 0.6 is 11.6 Å². The number of carbonyl (C=O) groups excluding carboxylic acids is 2. The SMILES string of the molecule is CCCCCCCCCCOC(=O)C(CC(C)C)NC(=O)OCCCl. The molecule has 0 aliphatic rings. The molecule has 0 radical (unpaired) electrons. The Morgan fingerprint density at radius 1 is 0.920 bits per heavy atom. The van der Waals surface area contributed by atoms with Crippen molar-refractivity contribution in [3.05, 3.63) is 0 Å². The molecule has 0 aliphatic heterocycles. The number of hydrogen-bond donors (Lipinski definition) is 1. The Labute approximate surface area is 158 Å². The van der Waals surface area contributed by atoms with Crippen molar-refractivity contribution in [1.29, 1.82) is 0 Å². The monoisotopic (exact) mass is 377 g/mol. The molecule has 0 spiro atoms. The number of ether oxygens (including phenoxy) is 2. The number of amides is 1. The van der Waals surface area contributed by atoms with Gasteiger partial charge in [-0.05, 0) is 18.8 Å². The lowest BCUT2D eigenvalue weighted by atomic mass is 10.0. The summed E-state index contributed by atoms with van der Waals surface area (Å²) in [6.45, 7) is 6.72. The second-order valence-electron chi connectivity index (χ2n) is 6.79. The summed E-state index contributed by atoms with van der Waals surface area (Å²) in [7, 11) is 0. The summed E-state index contributed by atoms with van der Waals surface area (Å²) in [6.07, 6.45) is 9.44. The van der Waals surface area contributed by atoms with Crippen molar-refractivity contribution >= 4 is 23.7 Å². The minimum atomic E-state index is -0.670. The van der Waals surface area contributed by atoms with E-state index in [9.17, 15) is 9.59 Å². The Hall–Kier alpha value is -0.970. The van der Waals surface area contributed by atoms with E-state index in [-0.39, 0.29) is 24.4 Å². The van der Waals surface area contributed by atoms with E-state index < -0.39 is 12.1 Å². The maximum atomic E-state index is 12.2. The van der Waals surface area contributed by atoms with E-state index in [4.69, 9.17) is 21.1 Å². The largest absolute Gasteiger partial charge is 0.464 e. The number of nitrogens with one attached hydrogen (secondary N) is 1. The number of carbonyl (C=O) groups is 2. The van der Waals surface area contributed by atoms with Crippen LogP contribution < -0.4 is 5.32 Å². The van der Waals surface area contributed by atoms with Gasteiger partial charge in [0.05, 0.1) is 12.5 Å². The van der Waals surface area contributed by atoms with E-state index in [1.807, 2.05) is 13.8 Å². The smallest absolute Gasteiger partial charge is 0.407 e. The zero-order valence-corrected chi connectivity index (χ0v) is 16.9. The van der Waals surface area contributed by atoms with Gasteiger partial charge in [0.25, 0.3) is 0 Å². The number of hydrogen-bond acceptors (Lipinski definition) is 4. The fourth-order valence-corrected chi connectivity index (χ4v) is 2.59. The first-order valence-electron chi connectivity index (χ1n) is 9.67. The van der Waals surface area contributed by atoms with Crippen molar-refractivity contribution in [1.82, 2.24) is 5.32 Å². The Balaban J connectivity index is 3.95. The zero-order valence-electron chi connectivity index (χ0n) is 16.2. The van der Waals surface area contributed by atoms with Gasteiger partial charge >= 0.3 is 12.1 Å². The van der Waals surface area contributed by atoms with E-state index in [0.29, 0.717) is 13.0 Å². The van der Waals surface area contributed by atoms with Crippen LogP contribution in [0.3, 0.4) is 0 Å². The Bertz CT molecular complexity index is 350. The molecule has 0 aliphatic carbocycles. The Morgan fingerprint density at radius 3 is 2.08 bits per heavy atom. The van der Waals surface area contributed by atoms with Crippen molar-refractivity contribution in [3.8, 4) is 0 Å². The average Bonchev–Trinajstić information content (AvgIpc) is 2.57. The lowest BCUT2D eigenvalue weighted by molar-refractivity contribution is -0.146. The van der Waals surface area contributed by atoms with Crippen molar-refractivity contribution in [2.75, 3.05) is 19.1 Å². The van der Waals surface area contributed by atoms with E-state index in [0.717, 1.165) is 12.8 Å². The predicted octanol–water partition coefficient (Wildman–Crippen LogP) is 5.05. The van der Waals surface area contributed by atoms with E-state index in [1.165, 1.54) is 38.5 Å². The van der Waals surface area contributed by atoms with Gasteiger partial charge in [-0.15, -0.1) is 11.6 Å². The third-order valence-corrected chi connectivity index (χ3v) is 3.99. The molecule has 1 atom stereocenters. The molecule has 1 N–H and O–H groups in total. The molecule has 0 aromatic rings. The summed E-state index contributed by atoms with van der Waals surface area (Å²) in [6, 6.07) is -0.670. The third kappa shape index (κ3) is 15.0. The van der Waals surface area contributed by atoms with E-state index in [2.05, 4.69) is 12.2 Å². The van der Waals surface area contributed by atoms with Gasteiger partial charge in [-0.25, -0.2) is 9.59 Å². The predicted molar refractivity (Wildman–Crippen MR) is 102 cm³/mol. The van der Waals surface area contributed by atoms with Crippen molar-refractivity contribution < 1.29 is 19.1 Å². The number of halogens is 1. The Morgan fingerprint density at radius 2 is 1.52 bits per heavy atom. The van der Waals surface area contributed by atoms with Gasteiger partial charge in [-0.3, -0.25) is 0 Å². The van der Waals surface area contributed by atoms with Gasteiger partial charge in [0.2, 0.25) is 0 Å². The van der Waals surface area contributed by atoms with Crippen LogP contribution in [0.4, 0.5) is 4.79 Å². The fourth-order valence-electron chi connectivity index (χ4n) is 2.51. The van der Waals surface area contributed by atoms with Gasteiger partial charge in [-0.2, -0.15) is 0 Å². The van der Waals surface area contributed by atoms with Crippen molar-refractivity contribution in [2.45, 2.75) is 84.6 Å². The minimum Gasteiger partial charge on any atom is -0.464 e. The van der Waals surface area contributed by atoms with Crippen LogP contribution in [0.2, 0.25) is 0 Å². The van der Waals surface area contributed by atoms with Crippen LogP contribution in [0.25, 0.3) is 0 Å². The van der Waals surface area contributed by atoms with Gasteiger partial charge in [-0.1, -0.05) is 65.7 Å². The number of alkyl halides is 1. The maximum Gasteiger partial charge on any atom is 0.407 e. The first-order valence-corrected chi connectivity index (χ1v) is 10.2. The summed E-state index contributed by atoms with van der Waals surface area (Å²) >= 11 is 5.48.